The average Bonchev–Trinajstić information content (AvgIpc) is 3.25. The van der Waals surface area contributed by atoms with Crippen LogP contribution in [-0.4, -0.2) is 64.9 Å². The zero-order valence-electron chi connectivity index (χ0n) is 20.9. The number of thioether (sulfide) groups is 1. The number of aliphatic imine (C=N–C) groups is 1. The van der Waals surface area contributed by atoms with E-state index >= 15 is 0 Å². The molecule has 2 aromatic rings. The molecule has 37 heavy (non-hydrogen) atoms. The number of benzene rings is 2. The lowest BCUT2D eigenvalue weighted by Crippen LogP contribution is -2.45. The van der Waals surface area contributed by atoms with Crippen LogP contribution in [0.25, 0.3) is 0 Å². The lowest BCUT2D eigenvalue weighted by Gasteiger charge is -2.25. The van der Waals surface area contributed by atoms with Crippen LogP contribution in [0.1, 0.15) is 31.9 Å². The number of sulfone groups is 1. The maximum atomic E-state index is 13.5. The van der Waals surface area contributed by atoms with E-state index in [2.05, 4.69) is 10.3 Å². The molecule has 0 bridgehead atoms. The van der Waals surface area contributed by atoms with E-state index in [0.29, 0.717) is 16.7 Å². The quantitative estimate of drug-likeness (QED) is 0.564. The lowest BCUT2D eigenvalue weighted by atomic mass is 10.1. The number of ether oxygens (including phenoxy) is 1. The predicted octanol–water partition coefficient (Wildman–Crippen LogP) is 4.07. The Bertz CT molecular complexity index is 1290. The molecule has 2 aliphatic heterocycles. The van der Waals surface area contributed by atoms with E-state index in [0.717, 1.165) is 11.1 Å². The fourth-order valence-electron chi connectivity index (χ4n) is 4.30. The first-order chi connectivity index (χ1) is 17.4. The Balaban J connectivity index is 1.62. The number of amides is 2. The van der Waals surface area contributed by atoms with Crippen molar-refractivity contribution in [2.45, 2.75) is 56.7 Å². The summed E-state index contributed by atoms with van der Waals surface area (Å²) in [5, 5.41) is 3.42. The molecule has 0 aliphatic carbocycles. The highest BCUT2D eigenvalue weighted by atomic mass is 35.5. The number of rotatable bonds is 6. The second-order valence-corrected chi connectivity index (χ2v) is 13.9. The number of hydrogen-bond acceptors (Lipinski definition) is 6. The first-order valence-corrected chi connectivity index (χ1v) is 15.0. The van der Waals surface area contributed by atoms with Crippen LogP contribution in [0.2, 0.25) is 5.02 Å². The summed E-state index contributed by atoms with van der Waals surface area (Å²) in [7, 11) is -3.19. The summed E-state index contributed by atoms with van der Waals surface area (Å²) in [4.78, 5) is 32.3. The van der Waals surface area contributed by atoms with Gasteiger partial charge in [-0.05, 0) is 38.0 Å². The number of carbonyl (C=O) groups is 2. The monoisotopic (exact) mass is 563 g/mol. The Morgan fingerprint density at radius 3 is 2.49 bits per heavy atom. The summed E-state index contributed by atoms with van der Waals surface area (Å²) in [5.41, 5.74) is 0.932. The molecule has 0 aromatic heterocycles. The van der Waals surface area contributed by atoms with Gasteiger partial charge in [-0.2, -0.15) is 4.99 Å². The van der Waals surface area contributed by atoms with E-state index in [-0.39, 0.29) is 29.2 Å². The van der Waals surface area contributed by atoms with Crippen molar-refractivity contribution in [3.63, 3.8) is 0 Å². The van der Waals surface area contributed by atoms with E-state index in [4.69, 9.17) is 16.3 Å². The Hall–Kier alpha value is -2.56. The first-order valence-electron chi connectivity index (χ1n) is 11.9. The summed E-state index contributed by atoms with van der Waals surface area (Å²) in [6.45, 7) is 5.55. The maximum Gasteiger partial charge on any atom is 0.408 e. The summed E-state index contributed by atoms with van der Waals surface area (Å²) in [6.07, 6.45) is -0.483. The van der Waals surface area contributed by atoms with Gasteiger partial charge in [0.2, 0.25) is 0 Å². The first kappa shape index (κ1) is 27.5. The van der Waals surface area contributed by atoms with Crippen LogP contribution in [0.5, 0.6) is 0 Å². The van der Waals surface area contributed by atoms with E-state index < -0.39 is 33.5 Å². The van der Waals surface area contributed by atoms with Crippen LogP contribution >= 0.6 is 23.4 Å². The SMILES string of the molecule is CC(C)(C)OC(=O)N[C@H](Cc1ccccc1)C(=O)N=C1S[C@@H]2CS(=O)(=O)C[C@@H]2N1Cc1ccccc1Cl. The Morgan fingerprint density at radius 2 is 1.81 bits per heavy atom. The highest BCUT2D eigenvalue weighted by molar-refractivity contribution is 8.15. The number of nitrogens with zero attached hydrogens (tertiary/aromatic N) is 2. The molecule has 4 rings (SSSR count). The van der Waals surface area contributed by atoms with Crippen molar-refractivity contribution in [2.24, 2.45) is 4.99 Å². The molecule has 8 nitrogen and oxygen atoms in total. The van der Waals surface area contributed by atoms with Gasteiger partial charge in [-0.1, -0.05) is 71.9 Å². The average molecular weight is 564 g/mol. The number of alkyl carbamates (subject to hydrolysis) is 1. The fourth-order valence-corrected chi connectivity index (χ4v) is 8.45. The number of hydrogen-bond donors (Lipinski definition) is 1. The minimum atomic E-state index is -3.19. The molecule has 0 radical (unpaired) electrons. The molecular formula is C26H30ClN3O5S2. The van der Waals surface area contributed by atoms with Gasteiger partial charge in [0.25, 0.3) is 5.91 Å². The molecule has 3 atom stereocenters. The van der Waals surface area contributed by atoms with Crippen molar-refractivity contribution < 1.29 is 22.7 Å². The van der Waals surface area contributed by atoms with E-state index in [1.807, 2.05) is 53.4 Å². The van der Waals surface area contributed by atoms with Gasteiger partial charge in [-0.15, -0.1) is 0 Å². The fraction of sp³-hybridized carbons (Fsp3) is 0.423. The molecule has 1 N–H and O–H groups in total. The molecule has 2 aliphatic rings. The molecule has 2 aromatic carbocycles. The van der Waals surface area contributed by atoms with Crippen molar-refractivity contribution in [3.05, 3.63) is 70.7 Å². The van der Waals surface area contributed by atoms with Crippen molar-refractivity contribution in [1.82, 2.24) is 10.2 Å². The van der Waals surface area contributed by atoms with E-state index in [1.165, 1.54) is 11.8 Å². The van der Waals surface area contributed by atoms with Gasteiger partial charge in [0.15, 0.2) is 15.0 Å². The lowest BCUT2D eigenvalue weighted by molar-refractivity contribution is -0.119. The van der Waals surface area contributed by atoms with Gasteiger partial charge in [-0.25, -0.2) is 13.2 Å². The third kappa shape index (κ3) is 7.27. The molecule has 2 heterocycles. The van der Waals surface area contributed by atoms with Crippen molar-refractivity contribution in [3.8, 4) is 0 Å². The smallest absolute Gasteiger partial charge is 0.408 e. The van der Waals surface area contributed by atoms with Crippen molar-refractivity contribution >= 4 is 50.4 Å². The summed E-state index contributed by atoms with van der Waals surface area (Å²) in [6, 6.07) is 15.4. The van der Waals surface area contributed by atoms with E-state index in [1.54, 1.807) is 26.8 Å². The van der Waals surface area contributed by atoms with Gasteiger partial charge < -0.3 is 15.0 Å². The number of fused-ring (bicyclic) bond motifs is 1. The number of carbonyl (C=O) groups excluding carboxylic acids is 2. The van der Waals surface area contributed by atoms with Gasteiger partial charge in [0.05, 0.1) is 17.5 Å². The Morgan fingerprint density at radius 1 is 1.14 bits per heavy atom. The summed E-state index contributed by atoms with van der Waals surface area (Å²) < 4.78 is 30.1. The van der Waals surface area contributed by atoms with Gasteiger partial charge in [-0.3, -0.25) is 4.79 Å². The van der Waals surface area contributed by atoms with E-state index in [9.17, 15) is 18.0 Å². The van der Waals surface area contributed by atoms with Crippen molar-refractivity contribution in [2.75, 3.05) is 11.5 Å². The van der Waals surface area contributed by atoms with Crippen LogP contribution in [-0.2, 0) is 32.3 Å². The molecule has 0 unspecified atom stereocenters. The zero-order valence-corrected chi connectivity index (χ0v) is 23.3. The standard InChI is InChI=1S/C26H30ClN3O5S2/c1-26(2,3)35-25(32)28-20(13-17-9-5-4-6-10-17)23(31)29-24-30(14-18-11-7-8-12-19(18)27)21-15-37(33,34)16-22(21)36-24/h4-12,20-22H,13-16H2,1-3H3,(H,28,32)/t20-,21+,22-/m1/s1. The maximum absolute atomic E-state index is 13.5. The zero-order chi connectivity index (χ0) is 26.8. The highest BCUT2D eigenvalue weighted by Gasteiger charge is 2.49. The third-order valence-corrected chi connectivity index (χ3v) is 9.57. The number of halogens is 1. The van der Waals surface area contributed by atoms with Gasteiger partial charge in [0, 0.05) is 23.2 Å². The van der Waals surface area contributed by atoms with Crippen LogP contribution in [0.3, 0.4) is 0 Å². The molecule has 2 saturated heterocycles. The second kappa shape index (κ2) is 11.0. The molecule has 0 spiro atoms. The minimum absolute atomic E-state index is 0.00800. The van der Waals surface area contributed by atoms with Crippen molar-refractivity contribution in [1.29, 1.82) is 0 Å². The topological polar surface area (TPSA) is 105 Å². The second-order valence-electron chi connectivity index (χ2n) is 10.1. The molecule has 2 fully saturated rings. The van der Waals surface area contributed by atoms with Crippen LogP contribution in [0.15, 0.2) is 59.6 Å². The van der Waals surface area contributed by atoms with Gasteiger partial charge >= 0.3 is 6.09 Å². The predicted molar refractivity (Wildman–Crippen MR) is 147 cm³/mol. The van der Waals surface area contributed by atoms with Crippen LogP contribution in [0.4, 0.5) is 4.79 Å². The Labute approximate surface area is 226 Å². The summed E-state index contributed by atoms with van der Waals surface area (Å²) >= 11 is 7.67. The third-order valence-electron chi connectivity index (χ3n) is 5.95. The normalized spacial score (nSPS) is 22.5. The van der Waals surface area contributed by atoms with Gasteiger partial charge in [0.1, 0.15) is 11.6 Å². The molecule has 198 valence electrons. The molecular weight excluding hydrogens is 534 g/mol. The number of nitrogens with one attached hydrogen (secondary N) is 1. The van der Waals surface area contributed by atoms with Crippen LogP contribution in [0, 0.1) is 0 Å². The molecule has 11 heteroatoms. The molecule has 0 saturated carbocycles. The summed E-state index contributed by atoms with van der Waals surface area (Å²) in [5.74, 6) is -0.520. The molecule has 2 amide bonds. The number of amidine groups is 1. The van der Waals surface area contributed by atoms with Crippen LogP contribution < -0.4 is 5.32 Å². The largest absolute Gasteiger partial charge is 0.444 e. The highest BCUT2D eigenvalue weighted by Crippen LogP contribution is 2.39. The minimum Gasteiger partial charge on any atom is -0.444 e. The Kier molecular flexibility index (Phi) is 8.20.